The van der Waals surface area contributed by atoms with Crippen molar-refractivity contribution in [1.82, 2.24) is 9.97 Å². The maximum Gasteiger partial charge on any atom is 0.348 e. The summed E-state index contributed by atoms with van der Waals surface area (Å²) in [6.07, 6.45) is 0.376. The zero-order chi connectivity index (χ0) is 19.4. The van der Waals surface area contributed by atoms with Gasteiger partial charge in [-0.2, -0.15) is 0 Å². The third kappa shape index (κ3) is 4.49. The van der Waals surface area contributed by atoms with Gasteiger partial charge < -0.3 is 14.5 Å². The summed E-state index contributed by atoms with van der Waals surface area (Å²) in [6.45, 7) is 9.39. The van der Waals surface area contributed by atoms with E-state index >= 15 is 0 Å². The largest absolute Gasteiger partial charge is 0.462 e. The van der Waals surface area contributed by atoms with Gasteiger partial charge >= 0.3 is 11.9 Å². The van der Waals surface area contributed by atoms with Crippen molar-refractivity contribution in [2.45, 2.75) is 53.6 Å². The summed E-state index contributed by atoms with van der Waals surface area (Å²) in [5.41, 5.74) is 0.185. The molecule has 0 aliphatic heterocycles. The molecule has 0 fully saturated rings. The average Bonchev–Trinajstić information content (AvgIpc) is 2.90. The van der Waals surface area contributed by atoms with E-state index in [0.29, 0.717) is 33.0 Å². The number of esters is 2. The number of aromatic amines is 1. The van der Waals surface area contributed by atoms with Crippen LogP contribution < -0.4 is 5.56 Å². The molecule has 7 nitrogen and oxygen atoms in total. The minimum atomic E-state index is -0.680. The van der Waals surface area contributed by atoms with Crippen molar-refractivity contribution < 1.29 is 19.1 Å². The number of hydrogen-bond acceptors (Lipinski definition) is 7. The predicted octanol–water partition coefficient (Wildman–Crippen LogP) is 3.51. The number of nitrogens with zero attached hydrogens (tertiary/aromatic N) is 1. The fourth-order valence-corrected chi connectivity index (χ4v) is 3.55. The third-order valence-corrected chi connectivity index (χ3v) is 5.06. The molecule has 2 aromatic heterocycles. The molecular weight excluding hydrogens is 356 g/mol. The topological polar surface area (TPSA) is 98.3 Å². The third-order valence-electron chi connectivity index (χ3n) is 3.90. The maximum atomic E-state index is 12.4. The molecule has 0 radical (unpaired) electrons. The Morgan fingerprint density at radius 2 is 1.96 bits per heavy atom. The van der Waals surface area contributed by atoms with E-state index in [1.807, 2.05) is 13.8 Å². The van der Waals surface area contributed by atoms with Crippen LogP contribution in [-0.4, -0.2) is 28.5 Å². The Balaban J connectivity index is 2.28. The number of H-pyrrole nitrogens is 1. The summed E-state index contributed by atoms with van der Waals surface area (Å²) in [4.78, 5) is 44.2. The van der Waals surface area contributed by atoms with Gasteiger partial charge in [0.1, 0.15) is 9.71 Å². The number of aromatic nitrogens is 2. The van der Waals surface area contributed by atoms with Gasteiger partial charge in [-0.1, -0.05) is 13.8 Å². The number of thiophene rings is 1. The van der Waals surface area contributed by atoms with Crippen LogP contribution in [0.3, 0.4) is 0 Å². The smallest absolute Gasteiger partial charge is 0.348 e. The molecule has 1 atom stereocenters. The van der Waals surface area contributed by atoms with Crippen LogP contribution in [0, 0.1) is 12.8 Å². The van der Waals surface area contributed by atoms with Crippen molar-refractivity contribution in [2.75, 3.05) is 6.61 Å². The van der Waals surface area contributed by atoms with Crippen LogP contribution in [0.25, 0.3) is 10.2 Å². The van der Waals surface area contributed by atoms with Gasteiger partial charge in [-0.25, -0.2) is 9.78 Å². The van der Waals surface area contributed by atoms with Crippen LogP contribution in [0.15, 0.2) is 4.79 Å². The number of ether oxygens (including phenoxy) is 2. The minimum Gasteiger partial charge on any atom is -0.462 e. The molecule has 26 heavy (non-hydrogen) atoms. The van der Waals surface area contributed by atoms with Gasteiger partial charge in [-0.05, 0) is 38.7 Å². The SMILES string of the molecule is CCOC(=O)c1sc2nc([C@@H](C)OC(=O)CCC(C)C)[nH]c(=O)c2c1C. The average molecular weight is 380 g/mol. The molecule has 2 heterocycles. The van der Waals surface area contributed by atoms with Crippen LogP contribution >= 0.6 is 11.3 Å². The molecule has 0 saturated carbocycles. The zero-order valence-corrected chi connectivity index (χ0v) is 16.5. The lowest BCUT2D eigenvalue weighted by atomic mass is 10.1. The van der Waals surface area contributed by atoms with Gasteiger partial charge in [0.05, 0.1) is 12.0 Å². The van der Waals surface area contributed by atoms with E-state index in [9.17, 15) is 14.4 Å². The molecule has 0 saturated heterocycles. The lowest BCUT2D eigenvalue weighted by Gasteiger charge is -2.13. The molecule has 0 aliphatic carbocycles. The Kier molecular flexibility index (Phi) is 6.52. The van der Waals surface area contributed by atoms with E-state index in [2.05, 4.69) is 9.97 Å². The number of carbonyl (C=O) groups is 2. The first-order valence-corrected chi connectivity index (χ1v) is 9.46. The Bertz CT molecular complexity index is 868. The Morgan fingerprint density at radius 3 is 2.58 bits per heavy atom. The molecule has 0 aromatic carbocycles. The summed E-state index contributed by atoms with van der Waals surface area (Å²) in [5, 5.41) is 0.361. The van der Waals surface area contributed by atoms with Crippen molar-refractivity contribution >= 4 is 33.5 Å². The molecular formula is C18H24N2O5S. The molecule has 1 N–H and O–H groups in total. The minimum absolute atomic E-state index is 0.255. The first-order chi connectivity index (χ1) is 12.2. The van der Waals surface area contributed by atoms with Crippen molar-refractivity contribution in [1.29, 1.82) is 0 Å². The van der Waals surface area contributed by atoms with Gasteiger partial charge in [-0.15, -0.1) is 11.3 Å². The van der Waals surface area contributed by atoms with Crippen LogP contribution in [0.4, 0.5) is 0 Å². The number of fused-ring (bicyclic) bond motifs is 1. The summed E-state index contributed by atoms with van der Waals surface area (Å²) in [7, 11) is 0. The van der Waals surface area contributed by atoms with Crippen molar-refractivity contribution in [3.8, 4) is 0 Å². The van der Waals surface area contributed by atoms with Crippen molar-refractivity contribution in [3.63, 3.8) is 0 Å². The molecule has 142 valence electrons. The Morgan fingerprint density at radius 1 is 1.27 bits per heavy atom. The fraction of sp³-hybridized carbons (Fsp3) is 0.556. The maximum absolute atomic E-state index is 12.4. The lowest BCUT2D eigenvalue weighted by molar-refractivity contribution is -0.149. The number of carbonyl (C=O) groups excluding carboxylic acids is 2. The molecule has 2 aromatic rings. The number of hydrogen-bond donors (Lipinski definition) is 1. The van der Waals surface area contributed by atoms with Crippen molar-refractivity contribution in [2.24, 2.45) is 5.92 Å². The second kappa shape index (κ2) is 8.44. The monoisotopic (exact) mass is 380 g/mol. The van der Waals surface area contributed by atoms with Crippen molar-refractivity contribution in [3.05, 3.63) is 26.6 Å². The highest BCUT2D eigenvalue weighted by atomic mass is 32.1. The van der Waals surface area contributed by atoms with Gasteiger partial charge in [0.2, 0.25) is 0 Å². The van der Waals surface area contributed by atoms with Gasteiger partial charge in [0, 0.05) is 6.42 Å². The van der Waals surface area contributed by atoms with E-state index in [4.69, 9.17) is 9.47 Å². The second-order valence-electron chi connectivity index (χ2n) is 6.47. The van der Waals surface area contributed by atoms with Gasteiger partial charge in [0.15, 0.2) is 11.9 Å². The first kappa shape index (κ1) is 20.1. The summed E-state index contributed by atoms with van der Waals surface area (Å²) >= 11 is 1.10. The second-order valence-corrected chi connectivity index (χ2v) is 7.47. The van der Waals surface area contributed by atoms with Gasteiger partial charge in [-0.3, -0.25) is 9.59 Å². The van der Waals surface area contributed by atoms with Crippen LogP contribution in [0.1, 0.15) is 67.7 Å². The van der Waals surface area contributed by atoms with E-state index in [1.165, 1.54) is 0 Å². The number of rotatable bonds is 7. The zero-order valence-electron chi connectivity index (χ0n) is 15.7. The molecule has 0 aliphatic rings. The van der Waals surface area contributed by atoms with E-state index in [0.717, 1.165) is 17.8 Å². The quantitative estimate of drug-likeness (QED) is 0.738. The standard InChI is InChI=1S/C18H24N2O5S/c1-6-24-18(23)14-10(4)13-16(22)19-15(20-17(13)26-14)11(5)25-12(21)8-7-9(2)3/h9,11H,6-8H2,1-5H3,(H,19,20,22)/t11-/m1/s1. The number of nitrogens with one attached hydrogen (secondary N) is 1. The normalized spacial score (nSPS) is 12.4. The van der Waals surface area contributed by atoms with E-state index in [1.54, 1.807) is 20.8 Å². The highest BCUT2D eigenvalue weighted by Crippen LogP contribution is 2.28. The molecule has 0 spiro atoms. The molecule has 0 bridgehead atoms. The van der Waals surface area contributed by atoms with Crippen LogP contribution in [-0.2, 0) is 14.3 Å². The summed E-state index contributed by atoms with van der Waals surface area (Å²) in [6, 6.07) is 0. The highest BCUT2D eigenvalue weighted by Gasteiger charge is 2.22. The fourth-order valence-electron chi connectivity index (χ4n) is 2.46. The molecule has 0 unspecified atom stereocenters. The van der Waals surface area contributed by atoms with Crippen LogP contribution in [0.2, 0.25) is 0 Å². The molecule has 0 amide bonds. The highest BCUT2D eigenvalue weighted by molar-refractivity contribution is 7.20. The molecule has 8 heteroatoms. The molecule has 2 rings (SSSR count). The Labute approximate surface area is 155 Å². The van der Waals surface area contributed by atoms with Crippen LogP contribution in [0.5, 0.6) is 0 Å². The lowest BCUT2D eigenvalue weighted by Crippen LogP contribution is -2.17. The van der Waals surface area contributed by atoms with Gasteiger partial charge in [0.25, 0.3) is 5.56 Å². The predicted molar refractivity (Wildman–Crippen MR) is 99.5 cm³/mol. The van der Waals surface area contributed by atoms with E-state index in [-0.39, 0.29) is 24.0 Å². The summed E-state index contributed by atoms with van der Waals surface area (Å²) < 4.78 is 10.4. The Hall–Kier alpha value is -2.22. The number of aryl methyl sites for hydroxylation is 1. The summed E-state index contributed by atoms with van der Waals surface area (Å²) in [5.74, 6) is -0.134. The first-order valence-electron chi connectivity index (χ1n) is 8.64. The van der Waals surface area contributed by atoms with E-state index < -0.39 is 12.1 Å².